The Morgan fingerprint density at radius 1 is 1.16 bits per heavy atom. The van der Waals surface area contributed by atoms with Gasteiger partial charge in [-0.3, -0.25) is 4.79 Å². The van der Waals surface area contributed by atoms with Crippen molar-refractivity contribution in [1.82, 2.24) is 25.2 Å². The molecule has 0 aliphatic carbocycles. The molecule has 0 atom stereocenters. The molecule has 7 nitrogen and oxygen atoms in total. The van der Waals surface area contributed by atoms with Crippen molar-refractivity contribution in [2.45, 2.75) is 13.8 Å². The van der Waals surface area contributed by atoms with Crippen LogP contribution in [0.25, 0.3) is 16.6 Å². The normalized spacial score (nSPS) is 11.0. The Kier molecular flexibility index (Phi) is 3.53. The molecule has 0 spiro atoms. The van der Waals surface area contributed by atoms with Gasteiger partial charge in [-0.2, -0.15) is 0 Å². The lowest BCUT2D eigenvalue weighted by molar-refractivity contribution is 0.102. The molecule has 4 aromatic rings. The quantitative estimate of drug-likeness (QED) is 0.603. The molecule has 4 rings (SSSR count). The maximum absolute atomic E-state index is 12.6. The zero-order chi connectivity index (χ0) is 17.4. The summed E-state index contributed by atoms with van der Waals surface area (Å²) in [5.41, 5.74) is 5.37. The molecule has 0 unspecified atom stereocenters. The van der Waals surface area contributed by atoms with Gasteiger partial charge in [-0.1, -0.05) is 6.07 Å². The van der Waals surface area contributed by atoms with Gasteiger partial charge >= 0.3 is 0 Å². The minimum atomic E-state index is -0.158. The Hall–Kier alpha value is -3.48. The molecule has 0 bridgehead atoms. The van der Waals surface area contributed by atoms with Gasteiger partial charge in [0.25, 0.3) is 5.91 Å². The summed E-state index contributed by atoms with van der Waals surface area (Å²) in [5.74, 6) is -0.158. The van der Waals surface area contributed by atoms with Gasteiger partial charge < -0.3 is 10.3 Å². The molecule has 2 heterocycles. The highest BCUT2D eigenvalue weighted by atomic mass is 16.1. The Morgan fingerprint density at radius 3 is 2.84 bits per heavy atom. The summed E-state index contributed by atoms with van der Waals surface area (Å²) in [5, 5.41) is 15.1. The highest BCUT2D eigenvalue weighted by Crippen LogP contribution is 2.23. The average Bonchev–Trinajstić information content (AvgIpc) is 3.24. The molecule has 1 amide bonds. The zero-order valence-corrected chi connectivity index (χ0v) is 13.8. The van der Waals surface area contributed by atoms with Crippen LogP contribution >= 0.6 is 0 Å². The van der Waals surface area contributed by atoms with E-state index in [1.807, 2.05) is 56.3 Å². The number of anilines is 1. The van der Waals surface area contributed by atoms with Crippen molar-refractivity contribution in [1.29, 1.82) is 0 Å². The van der Waals surface area contributed by atoms with Crippen LogP contribution in [0.3, 0.4) is 0 Å². The van der Waals surface area contributed by atoms with E-state index in [1.54, 1.807) is 0 Å². The lowest BCUT2D eigenvalue weighted by Crippen LogP contribution is -2.12. The number of tetrazole rings is 1. The molecule has 2 aromatic carbocycles. The summed E-state index contributed by atoms with van der Waals surface area (Å²) in [6.45, 7) is 4.07. The summed E-state index contributed by atoms with van der Waals surface area (Å²) >= 11 is 0. The number of aromatic nitrogens is 5. The summed E-state index contributed by atoms with van der Waals surface area (Å²) in [4.78, 5) is 15.9. The standard InChI is InChI=1S/C18H16N6O/c1-11-12(2)20-17-7-6-13(8-16(11)17)18(25)21-14-4-3-5-15(9-14)24-10-19-22-23-24/h3-10,20H,1-2H3,(H,21,25). The summed E-state index contributed by atoms with van der Waals surface area (Å²) in [7, 11) is 0. The van der Waals surface area contributed by atoms with Crippen LogP contribution in [-0.4, -0.2) is 31.1 Å². The number of rotatable bonds is 3. The molecular weight excluding hydrogens is 316 g/mol. The van der Waals surface area contributed by atoms with E-state index in [1.165, 1.54) is 11.0 Å². The second-order valence-electron chi connectivity index (χ2n) is 5.89. The Morgan fingerprint density at radius 2 is 2.04 bits per heavy atom. The number of carbonyl (C=O) groups is 1. The molecule has 2 N–H and O–H groups in total. The highest BCUT2D eigenvalue weighted by molar-refractivity contribution is 6.06. The smallest absolute Gasteiger partial charge is 0.255 e. The lowest BCUT2D eigenvalue weighted by atomic mass is 10.1. The third-order valence-corrected chi connectivity index (χ3v) is 4.29. The second kappa shape index (κ2) is 5.86. The predicted octanol–water partition coefficient (Wildman–Crippen LogP) is 3.01. The van der Waals surface area contributed by atoms with E-state index in [2.05, 4.69) is 25.8 Å². The number of benzene rings is 2. The predicted molar refractivity (Wildman–Crippen MR) is 94.9 cm³/mol. The fourth-order valence-electron chi connectivity index (χ4n) is 2.81. The fourth-order valence-corrected chi connectivity index (χ4v) is 2.81. The number of amides is 1. The molecule has 7 heteroatoms. The average molecular weight is 332 g/mol. The van der Waals surface area contributed by atoms with Crippen LogP contribution in [0.4, 0.5) is 5.69 Å². The molecule has 0 aliphatic heterocycles. The SMILES string of the molecule is Cc1[nH]c2ccc(C(=O)Nc3cccc(-n4cnnn4)c3)cc2c1C. The van der Waals surface area contributed by atoms with E-state index in [4.69, 9.17) is 0 Å². The summed E-state index contributed by atoms with van der Waals surface area (Å²) < 4.78 is 1.54. The molecule has 25 heavy (non-hydrogen) atoms. The highest BCUT2D eigenvalue weighted by Gasteiger charge is 2.11. The van der Waals surface area contributed by atoms with E-state index in [9.17, 15) is 4.79 Å². The fraction of sp³-hybridized carbons (Fsp3) is 0.111. The third-order valence-electron chi connectivity index (χ3n) is 4.29. The Balaban J connectivity index is 1.62. The monoisotopic (exact) mass is 332 g/mol. The maximum atomic E-state index is 12.6. The minimum Gasteiger partial charge on any atom is -0.358 e. The van der Waals surface area contributed by atoms with Crippen LogP contribution in [0.1, 0.15) is 21.6 Å². The van der Waals surface area contributed by atoms with E-state index in [0.717, 1.165) is 27.8 Å². The molecule has 124 valence electrons. The van der Waals surface area contributed by atoms with Crippen molar-refractivity contribution >= 4 is 22.5 Å². The van der Waals surface area contributed by atoms with Gasteiger partial charge in [-0.05, 0) is 66.2 Å². The first-order valence-corrected chi connectivity index (χ1v) is 7.85. The number of hydrogen-bond acceptors (Lipinski definition) is 4. The zero-order valence-electron chi connectivity index (χ0n) is 13.8. The van der Waals surface area contributed by atoms with Crippen molar-refractivity contribution in [3.63, 3.8) is 0 Å². The van der Waals surface area contributed by atoms with E-state index < -0.39 is 0 Å². The first-order valence-electron chi connectivity index (χ1n) is 7.85. The van der Waals surface area contributed by atoms with Crippen molar-refractivity contribution in [3.8, 4) is 5.69 Å². The van der Waals surface area contributed by atoms with Crippen molar-refractivity contribution in [2.75, 3.05) is 5.32 Å². The van der Waals surface area contributed by atoms with Gasteiger partial charge in [0.15, 0.2) is 0 Å². The van der Waals surface area contributed by atoms with Crippen molar-refractivity contribution in [3.05, 3.63) is 65.6 Å². The molecule has 2 aromatic heterocycles. The van der Waals surface area contributed by atoms with Gasteiger partial charge in [-0.15, -0.1) is 5.10 Å². The maximum Gasteiger partial charge on any atom is 0.255 e. The molecule has 0 aliphatic rings. The molecule has 0 saturated heterocycles. The van der Waals surface area contributed by atoms with Crippen LogP contribution in [0, 0.1) is 13.8 Å². The molecule has 0 radical (unpaired) electrons. The van der Waals surface area contributed by atoms with Crippen LogP contribution in [0.5, 0.6) is 0 Å². The van der Waals surface area contributed by atoms with Crippen LogP contribution in [-0.2, 0) is 0 Å². The largest absolute Gasteiger partial charge is 0.358 e. The van der Waals surface area contributed by atoms with E-state index in [-0.39, 0.29) is 5.91 Å². The topological polar surface area (TPSA) is 88.5 Å². The molecule has 0 fully saturated rings. The van der Waals surface area contributed by atoms with Gasteiger partial charge in [0, 0.05) is 27.8 Å². The lowest BCUT2D eigenvalue weighted by Gasteiger charge is -2.07. The van der Waals surface area contributed by atoms with Gasteiger partial charge in [0.2, 0.25) is 0 Å². The third kappa shape index (κ3) is 2.76. The summed E-state index contributed by atoms with van der Waals surface area (Å²) in [6, 6.07) is 13.0. The number of carbonyl (C=O) groups excluding carboxylic acids is 1. The van der Waals surface area contributed by atoms with Crippen LogP contribution in [0.2, 0.25) is 0 Å². The van der Waals surface area contributed by atoms with E-state index >= 15 is 0 Å². The summed E-state index contributed by atoms with van der Waals surface area (Å²) in [6.07, 6.45) is 1.51. The van der Waals surface area contributed by atoms with Gasteiger partial charge in [0.05, 0.1) is 5.69 Å². The van der Waals surface area contributed by atoms with Gasteiger partial charge in [0.1, 0.15) is 6.33 Å². The second-order valence-corrected chi connectivity index (χ2v) is 5.89. The number of H-pyrrole nitrogens is 1. The Labute approximate surface area is 143 Å². The molecular formula is C18H16N6O. The first-order chi connectivity index (χ1) is 12.1. The van der Waals surface area contributed by atoms with Crippen LogP contribution < -0.4 is 5.32 Å². The number of aromatic amines is 1. The van der Waals surface area contributed by atoms with Crippen LogP contribution in [0.15, 0.2) is 48.8 Å². The number of fused-ring (bicyclic) bond motifs is 1. The molecule has 0 saturated carbocycles. The Bertz CT molecular complexity index is 1060. The number of nitrogens with zero attached hydrogens (tertiary/aromatic N) is 4. The van der Waals surface area contributed by atoms with Crippen molar-refractivity contribution in [2.24, 2.45) is 0 Å². The van der Waals surface area contributed by atoms with E-state index in [0.29, 0.717) is 11.3 Å². The number of hydrogen-bond donors (Lipinski definition) is 2. The number of nitrogens with one attached hydrogen (secondary N) is 2. The minimum absolute atomic E-state index is 0.158. The van der Waals surface area contributed by atoms with Gasteiger partial charge in [-0.25, -0.2) is 4.68 Å². The number of aryl methyl sites for hydroxylation is 2. The first kappa shape index (κ1) is 15.1. The van der Waals surface area contributed by atoms with Crippen molar-refractivity contribution < 1.29 is 4.79 Å².